The second-order valence-electron chi connectivity index (χ2n) is 10.4. The van der Waals surface area contributed by atoms with E-state index < -0.39 is 0 Å². The number of Topliss-reactive ketones (excluding diaryl/α,β-unsaturated/α-hetero) is 2. The zero-order valence-corrected chi connectivity index (χ0v) is 20.0. The van der Waals surface area contributed by atoms with Crippen molar-refractivity contribution >= 4 is 17.1 Å². The first-order valence-corrected chi connectivity index (χ1v) is 10.6. The van der Waals surface area contributed by atoms with Crippen LogP contribution in [0.1, 0.15) is 90.1 Å². The second-order valence-corrected chi connectivity index (χ2v) is 10.4. The highest BCUT2D eigenvalue weighted by Crippen LogP contribution is 2.43. The van der Waals surface area contributed by atoms with Crippen molar-refractivity contribution in [1.82, 2.24) is 0 Å². The standard InChI is InChI=1S/C27H32O4/c1-14-10-11-17-20(15(14)2)24(30)21(25(31-9)22(17)28)16-12-18(26(3,4)5)23(29)19(13-16)27(6,7)8/h10-13,29H,1-9H3. The number of phenols is 1. The van der Waals surface area contributed by atoms with Crippen LogP contribution in [0.4, 0.5) is 0 Å². The lowest BCUT2D eigenvalue weighted by Crippen LogP contribution is -2.25. The number of fused-ring (bicyclic) bond motifs is 1. The van der Waals surface area contributed by atoms with Crippen LogP contribution in [0.2, 0.25) is 0 Å². The molecule has 0 spiro atoms. The lowest BCUT2D eigenvalue weighted by molar-refractivity contribution is 0.0924. The van der Waals surface area contributed by atoms with Gasteiger partial charge < -0.3 is 9.84 Å². The fourth-order valence-corrected chi connectivity index (χ4v) is 4.14. The van der Waals surface area contributed by atoms with Gasteiger partial charge in [0.15, 0.2) is 11.5 Å². The molecule has 3 rings (SSSR count). The third kappa shape index (κ3) is 3.69. The highest BCUT2D eigenvalue weighted by molar-refractivity contribution is 6.40. The molecule has 0 fully saturated rings. The van der Waals surface area contributed by atoms with Crippen LogP contribution in [0.25, 0.3) is 5.57 Å². The number of rotatable bonds is 2. The number of ether oxygens (including phenoxy) is 1. The Hall–Kier alpha value is -2.88. The molecule has 2 aromatic carbocycles. The van der Waals surface area contributed by atoms with Crippen LogP contribution in [0.3, 0.4) is 0 Å². The van der Waals surface area contributed by atoms with Gasteiger partial charge in [-0.05, 0) is 59.6 Å². The smallest absolute Gasteiger partial charge is 0.229 e. The molecule has 0 radical (unpaired) electrons. The average molecular weight is 421 g/mol. The average Bonchev–Trinajstić information content (AvgIpc) is 2.65. The SMILES string of the molecule is COC1=C(c2cc(C(C)(C)C)c(O)c(C(C)(C)C)c2)C(=O)c2c(ccc(C)c2C)C1=O. The fraction of sp³-hybridized carbons (Fsp3) is 0.407. The Morgan fingerprint density at radius 2 is 1.35 bits per heavy atom. The third-order valence-electron chi connectivity index (χ3n) is 6.09. The van der Waals surface area contributed by atoms with Crippen LogP contribution in [-0.2, 0) is 15.6 Å². The van der Waals surface area contributed by atoms with Crippen molar-refractivity contribution < 1.29 is 19.4 Å². The number of hydrogen-bond acceptors (Lipinski definition) is 4. The molecule has 1 aliphatic carbocycles. The van der Waals surface area contributed by atoms with Gasteiger partial charge in [-0.1, -0.05) is 47.6 Å². The molecule has 0 heterocycles. The first-order chi connectivity index (χ1) is 14.2. The van der Waals surface area contributed by atoms with Crippen LogP contribution >= 0.6 is 0 Å². The number of carbonyl (C=O) groups is 2. The zero-order valence-electron chi connectivity index (χ0n) is 20.0. The van der Waals surface area contributed by atoms with Crippen molar-refractivity contribution in [3.63, 3.8) is 0 Å². The Morgan fingerprint density at radius 1 is 0.839 bits per heavy atom. The summed E-state index contributed by atoms with van der Waals surface area (Å²) in [5.41, 5.74) is 4.14. The Morgan fingerprint density at radius 3 is 1.81 bits per heavy atom. The van der Waals surface area contributed by atoms with Crippen molar-refractivity contribution in [3.05, 3.63) is 69.0 Å². The number of methoxy groups -OCH3 is 1. The highest BCUT2D eigenvalue weighted by Gasteiger charge is 2.37. The van der Waals surface area contributed by atoms with E-state index in [1.807, 2.05) is 73.6 Å². The largest absolute Gasteiger partial charge is 0.507 e. The maximum atomic E-state index is 13.8. The van der Waals surface area contributed by atoms with Crippen LogP contribution < -0.4 is 0 Å². The summed E-state index contributed by atoms with van der Waals surface area (Å²) in [6, 6.07) is 7.19. The summed E-state index contributed by atoms with van der Waals surface area (Å²) in [6.07, 6.45) is 0. The molecule has 0 aromatic heterocycles. The topological polar surface area (TPSA) is 63.6 Å². The number of phenolic OH excluding ortho intramolecular Hbond substituents is 1. The first kappa shape index (κ1) is 22.8. The minimum Gasteiger partial charge on any atom is -0.507 e. The Labute approximate surface area is 184 Å². The van der Waals surface area contributed by atoms with Gasteiger partial charge in [0.1, 0.15) is 5.75 Å². The van der Waals surface area contributed by atoms with E-state index in [1.54, 1.807) is 6.07 Å². The summed E-state index contributed by atoms with van der Waals surface area (Å²) in [5.74, 6) is -0.243. The molecule has 0 atom stereocenters. The normalized spacial score (nSPS) is 14.7. The summed E-state index contributed by atoms with van der Waals surface area (Å²) in [4.78, 5) is 27.0. The molecule has 4 heteroatoms. The lowest BCUT2D eigenvalue weighted by atomic mass is 9.75. The molecule has 0 aliphatic heterocycles. The minimum atomic E-state index is -0.361. The molecule has 0 unspecified atom stereocenters. The number of aryl methyl sites for hydroxylation is 1. The summed E-state index contributed by atoms with van der Waals surface area (Å²) in [6.45, 7) is 15.9. The van der Waals surface area contributed by atoms with Crippen LogP contribution in [-0.4, -0.2) is 23.8 Å². The van der Waals surface area contributed by atoms with E-state index in [2.05, 4.69) is 0 Å². The Balaban J connectivity index is 2.41. The minimum absolute atomic E-state index is 0.0474. The van der Waals surface area contributed by atoms with E-state index in [-0.39, 0.29) is 39.5 Å². The molecule has 0 saturated carbocycles. The second kappa shape index (κ2) is 7.37. The van der Waals surface area contributed by atoms with E-state index in [4.69, 9.17) is 4.74 Å². The predicted molar refractivity (Wildman–Crippen MR) is 124 cm³/mol. The predicted octanol–water partition coefficient (Wildman–Crippen LogP) is 6.04. The molecule has 0 saturated heterocycles. The van der Waals surface area contributed by atoms with E-state index in [0.29, 0.717) is 16.7 Å². The van der Waals surface area contributed by atoms with Gasteiger partial charge in [0.2, 0.25) is 5.78 Å². The zero-order chi connectivity index (χ0) is 23.5. The number of ketones is 2. The molecule has 164 valence electrons. The van der Waals surface area contributed by atoms with Crippen molar-refractivity contribution in [2.24, 2.45) is 0 Å². The molecule has 31 heavy (non-hydrogen) atoms. The lowest BCUT2D eigenvalue weighted by Gasteiger charge is -2.29. The molecule has 4 nitrogen and oxygen atoms in total. The van der Waals surface area contributed by atoms with Crippen molar-refractivity contribution in [1.29, 1.82) is 0 Å². The van der Waals surface area contributed by atoms with Crippen LogP contribution in [0, 0.1) is 13.8 Å². The molecule has 0 bridgehead atoms. The Bertz CT molecular complexity index is 1100. The summed E-state index contributed by atoms with van der Waals surface area (Å²) >= 11 is 0. The van der Waals surface area contributed by atoms with Crippen LogP contribution in [0.5, 0.6) is 5.75 Å². The van der Waals surface area contributed by atoms with E-state index >= 15 is 0 Å². The molecular formula is C27H32O4. The van der Waals surface area contributed by atoms with Crippen molar-refractivity contribution in [3.8, 4) is 5.75 Å². The van der Waals surface area contributed by atoms with Gasteiger partial charge in [-0.25, -0.2) is 0 Å². The van der Waals surface area contributed by atoms with E-state index in [9.17, 15) is 14.7 Å². The van der Waals surface area contributed by atoms with Gasteiger partial charge in [0, 0.05) is 22.3 Å². The maximum Gasteiger partial charge on any atom is 0.229 e. The van der Waals surface area contributed by atoms with Gasteiger partial charge in [0.05, 0.1) is 12.7 Å². The molecule has 1 N–H and O–H groups in total. The van der Waals surface area contributed by atoms with Gasteiger partial charge >= 0.3 is 0 Å². The molecule has 1 aliphatic rings. The van der Waals surface area contributed by atoms with E-state index in [0.717, 1.165) is 22.3 Å². The highest BCUT2D eigenvalue weighted by atomic mass is 16.5. The van der Waals surface area contributed by atoms with Gasteiger partial charge in [-0.3, -0.25) is 9.59 Å². The number of carbonyl (C=O) groups excluding carboxylic acids is 2. The molecule has 2 aromatic rings. The van der Waals surface area contributed by atoms with Gasteiger partial charge in [0.25, 0.3) is 0 Å². The van der Waals surface area contributed by atoms with Gasteiger partial charge in [-0.2, -0.15) is 0 Å². The number of allylic oxidation sites excluding steroid dienone is 2. The third-order valence-corrected chi connectivity index (χ3v) is 6.09. The maximum absolute atomic E-state index is 13.8. The summed E-state index contributed by atoms with van der Waals surface area (Å²) < 4.78 is 5.50. The quantitative estimate of drug-likeness (QED) is 0.643. The molecule has 0 amide bonds. The molecular weight excluding hydrogens is 388 g/mol. The Kier molecular flexibility index (Phi) is 5.42. The van der Waals surface area contributed by atoms with Gasteiger partial charge in [-0.15, -0.1) is 0 Å². The van der Waals surface area contributed by atoms with Crippen molar-refractivity contribution in [2.45, 2.75) is 66.2 Å². The fourth-order valence-electron chi connectivity index (χ4n) is 4.14. The number of benzene rings is 2. The summed E-state index contributed by atoms with van der Waals surface area (Å²) in [5, 5.41) is 11.1. The van der Waals surface area contributed by atoms with E-state index in [1.165, 1.54) is 7.11 Å². The summed E-state index contributed by atoms with van der Waals surface area (Å²) in [7, 11) is 1.42. The first-order valence-electron chi connectivity index (χ1n) is 10.6. The number of aromatic hydroxyl groups is 1. The van der Waals surface area contributed by atoms with Crippen molar-refractivity contribution in [2.75, 3.05) is 7.11 Å². The number of hydrogen-bond donors (Lipinski definition) is 1. The monoisotopic (exact) mass is 420 g/mol. The van der Waals surface area contributed by atoms with Crippen LogP contribution in [0.15, 0.2) is 30.0 Å².